The normalized spacial score (nSPS) is 29.1. The first-order valence-corrected chi connectivity index (χ1v) is 5.68. The molecule has 0 atom stereocenters. The molecule has 0 aromatic carbocycles. The molecule has 0 radical (unpaired) electrons. The lowest BCUT2D eigenvalue weighted by Crippen LogP contribution is -2.27. The first-order valence-electron chi connectivity index (χ1n) is 5.68. The van der Waals surface area contributed by atoms with Gasteiger partial charge in [0.05, 0.1) is 0 Å². The zero-order valence-electron chi connectivity index (χ0n) is 8.76. The zero-order chi connectivity index (χ0) is 9.52. The van der Waals surface area contributed by atoms with Gasteiger partial charge in [-0.25, -0.2) is 0 Å². The standard InChI is InChI=1S/C11H23NO/c1-2-7-12-8-10-3-5-11(9-13)6-4-10/h10-13H,2-9H2,1H3. The first kappa shape index (κ1) is 11.0. The van der Waals surface area contributed by atoms with Crippen LogP contribution in [0.25, 0.3) is 0 Å². The van der Waals surface area contributed by atoms with Crippen molar-refractivity contribution >= 4 is 0 Å². The molecule has 0 saturated heterocycles. The van der Waals surface area contributed by atoms with E-state index in [0.717, 1.165) is 12.5 Å². The van der Waals surface area contributed by atoms with E-state index < -0.39 is 0 Å². The molecule has 0 heterocycles. The van der Waals surface area contributed by atoms with E-state index in [1.165, 1.54) is 38.6 Å². The van der Waals surface area contributed by atoms with Gasteiger partial charge in [-0.3, -0.25) is 0 Å². The van der Waals surface area contributed by atoms with Crippen molar-refractivity contribution in [3.63, 3.8) is 0 Å². The monoisotopic (exact) mass is 185 g/mol. The van der Waals surface area contributed by atoms with Crippen molar-refractivity contribution in [2.24, 2.45) is 11.8 Å². The Kier molecular flexibility index (Phi) is 5.40. The molecule has 1 fully saturated rings. The molecule has 0 unspecified atom stereocenters. The molecular formula is C11H23NO. The van der Waals surface area contributed by atoms with Crippen LogP contribution in [0.4, 0.5) is 0 Å². The van der Waals surface area contributed by atoms with E-state index in [0.29, 0.717) is 12.5 Å². The van der Waals surface area contributed by atoms with Crippen LogP contribution in [0.5, 0.6) is 0 Å². The maximum Gasteiger partial charge on any atom is 0.0459 e. The molecule has 1 saturated carbocycles. The Morgan fingerprint density at radius 1 is 1.15 bits per heavy atom. The minimum atomic E-state index is 0.398. The second-order valence-corrected chi connectivity index (χ2v) is 4.27. The third-order valence-corrected chi connectivity index (χ3v) is 3.08. The predicted octanol–water partition coefficient (Wildman–Crippen LogP) is 1.78. The molecule has 2 N–H and O–H groups in total. The van der Waals surface area contributed by atoms with Gasteiger partial charge in [-0.2, -0.15) is 0 Å². The van der Waals surface area contributed by atoms with Gasteiger partial charge >= 0.3 is 0 Å². The average Bonchev–Trinajstić information content (AvgIpc) is 2.19. The van der Waals surface area contributed by atoms with Crippen molar-refractivity contribution in [1.29, 1.82) is 0 Å². The summed E-state index contributed by atoms with van der Waals surface area (Å²) in [6.07, 6.45) is 6.31. The molecule has 0 aliphatic heterocycles. The lowest BCUT2D eigenvalue weighted by molar-refractivity contribution is 0.166. The molecule has 1 aliphatic carbocycles. The van der Waals surface area contributed by atoms with Gasteiger partial charge in [0.15, 0.2) is 0 Å². The summed E-state index contributed by atoms with van der Waals surface area (Å²) in [6, 6.07) is 0. The lowest BCUT2D eigenvalue weighted by atomic mass is 9.82. The molecule has 78 valence electrons. The van der Waals surface area contributed by atoms with E-state index in [4.69, 9.17) is 5.11 Å². The van der Waals surface area contributed by atoms with Crippen LogP contribution in [0.2, 0.25) is 0 Å². The minimum Gasteiger partial charge on any atom is -0.396 e. The number of hydrogen-bond donors (Lipinski definition) is 2. The summed E-state index contributed by atoms with van der Waals surface area (Å²) in [5, 5.41) is 12.5. The van der Waals surface area contributed by atoms with E-state index in [1.807, 2.05) is 0 Å². The largest absolute Gasteiger partial charge is 0.396 e. The SMILES string of the molecule is CCCNCC1CCC(CO)CC1. The van der Waals surface area contributed by atoms with Crippen LogP contribution in [-0.4, -0.2) is 24.8 Å². The number of hydrogen-bond acceptors (Lipinski definition) is 2. The molecule has 2 heteroatoms. The molecule has 1 rings (SSSR count). The molecule has 13 heavy (non-hydrogen) atoms. The first-order chi connectivity index (χ1) is 6.36. The summed E-state index contributed by atoms with van der Waals surface area (Å²) >= 11 is 0. The number of nitrogens with one attached hydrogen (secondary N) is 1. The van der Waals surface area contributed by atoms with Crippen LogP contribution in [0.1, 0.15) is 39.0 Å². The number of aliphatic hydroxyl groups excluding tert-OH is 1. The summed E-state index contributed by atoms with van der Waals surface area (Å²) in [7, 11) is 0. The van der Waals surface area contributed by atoms with Gasteiger partial charge in [0, 0.05) is 6.61 Å². The molecule has 0 aromatic heterocycles. The highest BCUT2D eigenvalue weighted by atomic mass is 16.3. The van der Waals surface area contributed by atoms with Crippen LogP contribution in [0.15, 0.2) is 0 Å². The van der Waals surface area contributed by atoms with Crippen molar-refractivity contribution in [3.8, 4) is 0 Å². The molecule has 1 aliphatic rings. The van der Waals surface area contributed by atoms with Crippen molar-refractivity contribution in [1.82, 2.24) is 5.32 Å². The Balaban J connectivity index is 2.03. The Labute approximate surface area is 81.7 Å². The van der Waals surface area contributed by atoms with Crippen molar-refractivity contribution in [3.05, 3.63) is 0 Å². The smallest absolute Gasteiger partial charge is 0.0459 e. The van der Waals surface area contributed by atoms with E-state index in [1.54, 1.807) is 0 Å². The topological polar surface area (TPSA) is 32.3 Å². The highest BCUT2D eigenvalue weighted by Crippen LogP contribution is 2.27. The Morgan fingerprint density at radius 2 is 1.77 bits per heavy atom. The fraction of sp³-hybridized carbons (Fsp3) is 1.00. The summed E-state index contributed by atoms with van der Waals surface area (Å²) in [6.45, 7) is 4.94. The molecule has 0 spiro atoms. The Hall–Kier alpha value is -0.0800. The van der Waals surface area contributed by atoms with Crippen LogP contribution in [0.3, 0.4) is 0 Å². The summed E-state index contributed by atoms with van der Waals surface area (Å²) in [5.74, 6) is 1.47. The van der Waals surface area contributed by atoms with Crippen LogP contribution >= 0.6 is 0 Å². The highest BCUT2D eigenvalue weighted by molar-refractivity contribution is 4.73. The van der Waals surface area contributed by atoms with Gasteiger partial charge in [-0.05, 0) is 57.0 Å². The summed E-state index contributed by atoms with van der Waals surface area (Å²) < 4.78 is 0. The average molecular weight is 185 g/mol. The van der Waals surface area contributed by atoms with E-state index in [2.05, 4.69) is 12.2 Å². The third-order valence-electron chi connectivity index (χ3n) is 3.08. The zero-order valence-corrected chi connectivity index (χ0v) is 8.76. The van der Waals surface area contributed by atoms with Crippen molar-refractivity contribution < 1.29 is 5.11 Å². The van der Waals surface area contributed by atoms with Gasteiger partial charge < -0.3 is 10.4 Å². The lowest BCUT2D eigenvalue weighted by Gasteiger charge is -2.27. The number of rotatable bonds is 5. The Bertz CT molecular complexity index is 117. The number of aliphatic hydroxyl groups is 1. The maximum absolute atomic E-state index is 8.98. The molecule has 0 bridgehead atoms. The van der Waals surface area contributed by atoms with Crippen LogP contribution < -0.4 is 5.32 Å². The van der Waals surface area contributed by atoms with Crippen LogP contribution in [0, 0.1) is 11.8 Å². The fourth-order valence-corrected chi connectivity index (χ4v) is 2.10. The summed E-state index contributed by atoms with van der Waals surface area (Å²) in [4.78, 5) is 0. The van der Waals surface area contributed by atoms with E-state index in [9.17, 15) is 0 Å². The molecule has 0 amide bonds. The molecular weight excluding hydrogens is 162 g/mol. The third kappa shape index (κ3) is 4.10. The van der Waals surface area contributed by atoms with E-state index in [-0.39, 0.29) is 0 Å². The Morgan fingerprint density at radius 3 is 2.31 bits per heavy atom. The molecule has 0 aromatic rings. The maximum atomic E-state index is 8.98. The van der Waals surface area contributed by atoms with Gasteiger partial charge in [-0.1, -0.05) is 6.92 Å². The van der Waals surface area contributed by atoms with Crippen molar-refractivity contribution in [2.45, 2.75) is 39.0 Å². The quantitative estimate of drug-likeness (QED) is 0.640. The van der Waals surface area contributed by atoms with E-state index >= 15 is 0 Å². The van der Waals surface area contributed by atoms with Gasteiger partial charge in [-0.15, -0.1) is 0 Å². The van der Waals surface area contributed by atoms with Crippen molar-refractivity contribution in [2.75, 3.05) is 19.7 Å². The predicted molar refractivity (Wildman–Crippen MR) is 55.7 cm³/mol. The fourth-order valence-electron chi connectivity index (χ4n) is 2.10. The van der Waals surface area contributed by atoms with Gasteiger partial charge in [0.1, 0.15) is 0 Å². The van der Waals surface area contributed by atoms with Gasteiger partial charge in [0.25, 0.3) is 0 Å². The second-order valence-electron chi connectivity index (χ2n) is 4.27. The molecule has 2 nitrogen and oxygen atoms in total. The second kappa shape index (κ2) is 6.39. The van der Waals surface area contributed by atoms with Crippen LogP contribution in [-0.2, 0) is 0 Å². The van der Waals surface area contributed by atoms with Gasteiger partial charge in [0.2, 0.25) is 0 Å². The highest BCUT2D eigenvalue weighted by Gasteiger charge is 2.19. The minimum absolute atomic E-state index is 0.398. The summed E-state index contributed by atoms with van der Waals surface area (Å²) in [5.41, 5.74) is 0.